The van der Waals surface area contributed by atoms with E-state index in [4.69, 9.17) is 27.8 Å². The van der Waals surface area contributed by atoms with Crippen LogP contribution in [0.15, 0.2) is 12.2 Å². The van der Waals surface area contributed by atoms with Crippen LogP contribution < -0.4 is 0 Å². The number of carboxylic acids is 1. The Morgan fingerprint density at radius 2 is 1.88 bits per heavy atom. The molecular weight excluding hydrogens is 680 g/mol. The van der Waals surface area contributed by atoms with Gasteiger partial charge in [-0.15, -0.1) is 4.33 Å². The molecule has 1 saturated heterocycles. The molecule has 0 aromatic rings. The molecule has 16 nitrogen and oxygen atoms in total. The summed E-state index contributed by atoms with van der Waals surface area (Å²) in [6.07, 6.45) is -5.72. The molecule has 1 unspecified atom stereocenters. The number of rotatable bonds is 13. The van der Waals surface area contributed by atoms with Crippen LogP contribution >= 0.6 is 12.3 Å². The van der Waals surface area contributed by atoms with E-state index in [0.29, 0.717) is 19.3 Å². The molecule has 0 radical (unpaired) electrons. The number of aliphatic hydroxyl groups excluding tert-OH is 2. The minimum atomic E-state index is -5.24. The summed E-state index contributed by atoms with van der Waals surface area (Å²) in [6, 6.07) is 0. The van der Waals surface area contributed by atoms with Crippen molar-refractivity contribution < 1.29 is 75.1 Å². The molecule has 5 N–H and O–H groups in total. The molecule has 2 bridgehead atoms. The summed E-state index contributed by atoms with van der Waals surface area (Å²) < 4.78 is 66.3. The average Bonchev–Trinajstić information content (AvgIpc) is 3.16. The lowest BCUT2D eigenvalue weighted by Crippen LogP contribution is -2.63. The van der Waals surface area contributed by atoms with Gasteiger partial charge in [0.15, 0.2) is 30.8 Å². The standard InChI is InChI=1S/C30H46O16S2/c1-14(2)9-22(32)42-25-24(44-48(37,38)39)23(43-47-46-45-36)20(13-31)41-28(25)40-17-10-18(27(34)35)19-7-8-30-11-16(15(3)26(30)33)5-6-21(30)29(19,4)12-17/h14,16-21,23-26,28,31,33,36H,3,5-13H2,1-2,4H3,(H,34,35)(H,37,38,39)/t16-,17-,18-,19-,20?,21+,23-,24+,25-,26+,28-,29-,30-/m1/s1. The number of hydrogen-bond donors (Lipinski definition) is 5. The Kier molecular flexibility index (Phi) is 11.6. The van der Waals surface area contributed by atoms with Gasteiger partial charge in [0, 0.05) is 11.8 Å². The zero-order chi connectivity index (χ0) is 35.2. The van der Waals surface area contributed by atoms with Crippen molar-refractivity contribution in [3.05, 3.63) is 12.2 Å². The van der Waals surface area contributed by atoms with Crippen molar-refractivity contribution in [2.45, 2.75) is 115 Å². The van der Waals surface area contributed by atoms with E-state index in [9.17, 15) is 37.9 Å². The minimum absolute atomic E-state index is 0.0154. The first-order valence-electron chi connectivity index (χ1n) is 16.2. The normalized spacial score (nSPS) is 42.7. The molecule has 48 heavy (non-hydrogen) atoms. The first-order valence-corrected chi connectivity index (χ1v) is 18.2. The molecule has 13 atom stereocenters. The maximum Gasteiger partial charge on any atom is 0.397 e. The summed E-state index contributed by atoms with van der Waals surface area (Å²) in [5, 5.41) is 44.1. The van der Waals surface area contributed by atoms with Crippen molar-refractivity contribution in [2.75, 3.05) is 6.61 Å². The number of fused-ring (bicyclic) bond motifs is 3. The fraction of sp³-hybridized carbons (Fsp3) is 0.867. The number of ether oxygens (including phenoxy) is 3. The van der Waals surface area contributed by atoms with Gasteiger partial charge in [0.2, 0.25) is 0 Å². The minimum Gasteiger partial charge on any atom is -0.481 e. The van der Waals surface area contributed by atoms with Crippen LogP contribution in [-0.2, 0) is 51.9 Å². The molecule has 4 aliphatic carbocycles. The van der Waals surface area contributed by atoms with Crippen molar-refractivity contribution in [3.8, 4) is 0 Å². The van der Waals surface area contributed by atoms with Crippen LogP contribution in [0.2, 0.25) is 0 Å². The molecule has 274 valence electrons. The smallest absolute Gasteiger partial charge is 0.397 e. The summed E-state index contributed by atoms with van der Waals surface area (Å²) in [6.45, 7) is 8.94. The highest BCUT2D eigenvalue weighted by molar-refractivity contribution is 7.89. The maximum atomic E-state index is 13.0. The fourth-order valence-corrected chi connectivity index (χ4v) is 10.6. The van der Waals surface area contributed by atoms with Gasteiger partial charge >= 0.3 is 22.3 Å². The number of esters is 1. The van der Waals surface area contributed by atoms with Gasteiger partial charge in [-0.3, -0.25) is 18.3 Å². The van der Waals surface area contributed by atoms with Crippen LogP contribution in [0.3, 0.4) is 0 Å². The Balaban J connectivity index is 1.49. The van der Waals surface area contributed by atoms with E-state index in [1.54, 1.807) is 13.8 Å². The summed E-state index contributed by atoms with van der Waals surface area (Å²) in [5.41, 5.74) is -0.180. The summed E-state index contributed by atoms with van der Waals surface area (Å²) in [7, 11) is -5.24. The Bertz CT molecular complexity index is 1310. The van der Waals surface area contributed by atoms with Gasteiger partial charge in [0.05, 0.1) is 24.7 Å². The van der Waals surface area contributed by atoms with Gasteiger partial charge in [-0.05, 0) is 79.6 Å². The van der Waals surface area contributed by atoms with Crippen LogP contribution in [0.5, 0.6) is 0 Å². The molecule has 18 heteroatoms. The summed E-state index contributed by atoms with van der Waals surface area (Å²) >= 11 is 0.0154. The monoisotopic (exact) mass is 726 g/mol. The van der Waals surface area contributed by atoms with E-state index in [0.717, 1.165) is 24.8 Å². The highest BCUT2D eigenvalue weighted by atomic mass is 32.3. The third kappa shape index (κ3) is 7.32. The molecule has 5 aliphatic rings. The van der Waals surface area contributed by atoms with E-state index >= 15 is 0 Å². The van der Waals surface area contributed by atoms with Crippen LogP contribution in [0.25, 0.3) is 0 Å². The fourth-order valence-electron chi connectivity index (χ4n) is 9.76. The van der Waals surface area contributed by atoms with E-state index in [1.807, 2.05) is 0 Å². The van der Waals surface area contributed by atoms with Gasteiger partial charge in [0.25, 0.3) is 0 Å². The second-order valence-corrected chi connectivity index (χ2v) is 16.1. The Morgan fingerprint density at radius 1 is 1.15 bits per heavy atom. The number of aliphatic hydroxyl groups is 2. The van der Waals surface area contributed by atoms with Crippen LogP contribution in [-0.4, -0.2) is 95.0 Å². The Morgan fingerprint density at radius 3 is 2.50 bits per heavy atom. The lowest BCUT2D eigenvalue weighted by atomic mass is 9.43. The largest absolute Gasteiger partial charge is 0.481 e. The number of hydrogen-bond acceptors (Lipinski definition) is 15. The molecule has 5 fully saturated rings. The van der Waals surface area contributed by atoms with Crippen LogP contribution in [0, 0.1) is 40.4 Å². The van der Waals surface area contributed by atoms with Gasteiger partial charge in [0.1, 0.15) is 12.2 Å². The van der Waals surface area contributed by atoms with Crippen molar-refractivity contribution in [1.29, 1.82) is 0 Å². The van der Waals surface area contributed by atoms with Crippen molar-refractivity contribution in [1.82, 2.24) is 0 Å². The number of carbonyl (C=O) groups is 2. The molecule has 0 aromatic carbocycles. The van der Waals surface area contributed by atoms with Crippen molar-refractivity contribution in [3.63, 3.8) is 0 Å². The Labute approximate surface area is 283 Å². The highest BCUT2D eigenvalue weighted by Gasteiger charge is 2.67. The predicted octanol–water partition coefficient (Wildman–Crippen LogP) is 2.85. The van der Waals surface area contributed by atoms with E-state index < -0.39 is 88.6 Å². The maximum absolute atomic E-state index is 13.0. The molecule has 1 spiro atoms. The Hall–Kier alpha value is -1.42. The number of carbonyl (C=O) groups excluding carboxylic acids is 1. The van der Waals surface area contributed by atoms with Gasteiger partial charge in [-0.2, -0.15) is 8.42 Å². The molecular formula is C30H46O16S2. The second-order valence-electron chi connectivity index (χ2n) is 14.6. The number of carboxylic acid groups (broad SMARTS) is 1. The first kappa shape index (κ1) is 37.8. The van der Waals surface area contributed by atoms with Gasteiger partial charge < -0.3 is 29.5 Å². The lowest BCUT2D eigenvalue weighted by molar-refractivity contribution is -0.435. The van der Waals surface area contributed by atoms with Crippen LogP contribution in [0.1, 0.15) is 72.1 Å². The van der Waals surface area contributed by atoms with E-state index in [2.05, 4.69) is 22.9 Å². The van der Waals surface area contributed by atoms with E-state index in [1.165, 1.54) is 0 Å². The molecule has 1 heterocycles. The predicted molar refractivity (Wildman–Crippen MR) is 163 cm³/mol. The SMILES string of the molecule is C=C1[C@@H]2CC[C@H]3[C@]4(C)C[C@H](O[C@@H]5OC(CO)[C@@H](OSOOO)[C@H](OS(=O)(=O)O)[C@H]5OC(=O)CC(C)C)C[C@@H](C(=O)O)[C@H]4CC[C@]3(C2)[C@H]1O. The molecule has 1 aliphatic heterocycles. The van der Waals surface area contributed by atoms with Crippen LogP contribution in [0.4, 0.5) is 0 Å². The zero-order valence-electron chi connectivity index (χ0n) is 27.0. The number of aliphatic carboxylic acids is 1. The molecule has 4 saturated carbocycles. The zero-order valence-corrected chi connectivity index (χ0v) is 28.7. The quantitative estimate of drug-likeness (QED) is 0.0268. The molecule has 0 aromatic heterocycles. The van der Waals surface area contributed by atoms with Gasteiger partial charge in [-0.1, -0.05) is 32.4 Å². The lowest BCUT2D eigenvalue weighted by Gasteiger charge is -2.62. The van der Waals surface area contributed by atoms with Gasteiger partial charge in [-0.25, -0.2) is 9.44 Å². The summed E-state index contributed by atoms with van der Waals surface area (Å²) in [4.78, 5) is 25.8. The third-order valence-electron chi connectivity index (χ3n) is 11.5. The molecule has 5 rings (SSSR count). The van der Waals surface area contributed by atoms with Crippen molar-refractivity contribution in [2.24, 2.45) is 40.4 Å². The third-order valence-corrected chi connectivity index (χ3v) is 12.4. The summed E-state index contributed by atoms with van der Waals surface area (Å²) in [5.74, 6) is -2.80. The van der Waals surface area contributed by atoms with E-state index in [-0.39, 0.29) is 48.8 Å². The second kappa shape index (κ2) is 14.7. The first-order chi connectivity index (χ1) is 22.5. The molecule has 0 amide bonds. The topological polar surface area (TPSA) is 234 Å². The highest BCUT2D eigenvalue weighted by Crippen LogP contribution is 2.70. The van der Waals surface area contributed by atoms with Crippen molar-refractivity contribution >= 4 is 34.7 Å². The average molecular weight is 727 g/mol.